The van der Waals surface area contributed by atoms with Gasteiger partial charge in [0, 0.05) is 12.2 Å². The summed E-state index contributed by atoms with van der Waals surface area (Å²) < 4.78 is 13.0. The molecule has 0 aromatic heterocycles. The van der Waals surface area contributed by atoms with Crippen molar-refractivity contribution >= 4 is 45.0 Å². The summed E-state index contributed by atoms with van der Waals surface area (Å²) in [6.07, 6.45) is 44.9. The fourth-order valence-electron chi connectivity index (χ4n) is 6.04. The average molecular weight is 912 g/mol. The van der Waals surface area contributed by atoms with Crippen LogP contribution in [0.2, 0.25) is 8.87 Å². The molecule has 0 unspecified atom stereocenters. The van der Waals surface area contributed by atoms with Crippen molar-refractivity contribution in [2.24, 2.45) is 0 Å². The fourth-order valence-corrected chi connectivity index (χ4v) is 10.2. The molecule has 0 aliphatic heterocycles. The fraction of sp³-hybridized carbons (Fsp3) is 0.833. The standard InChI is InChI=1S/2C20H36O4.2C4H9.Sn/c2*1-2-3-4-5-6-7-8-9-10-11-12-13-14-15-18-24-20(23)17-16-19(21)22;2*1-3-4-2;/h2*16-17H,2-15,18H2,1H3,(H,21,22);2*1,3-4H2,2H3;/q;;;;+2/p-2/b2*17-16-;;;. The Morgan fingerprint density at radius 2 is 0.579 bits per heavy atom. The van der Waals surface area contributed by atoms with Crippen LogP contribution < -0.4 is 10.2 Å². The van der Waals surface area contributed by atoms with Gasteiger partial charge in [-0.3, -0.25) is 0 Å². The first-order valence-corrected chi connectivity index (χ1v) is 27.6. The van der Waals surface area contributed by atoms with E-state index in [4.69, 9.17) is 9.47 Å². The molecule has 0 radical (unpaired) electrons. The molecule has 0 amide bonds. The maximum atomic E-state index is 11.1. The molecular formula is C48H88O8Sn. The van der Waals surface area contributed by atoms with Crippen LogP contribution in [0, 0.1) is 0 Å². The summed E-state index contributed by atoms with van der Waals surface area (Å²) in [4.78, 5) is 42.4. The van der Waals surface area contributed by atoms with Crippen molar-refractivity contribution in [3.63, 3.8) is 0 Å². The van der Waals surface area contributed by atoms with E-state index in [0.717, 1.165) is 37.8 Å². The zero-order valence-electron chi connectivity index (χ0n) is 37.5. The third-order valence-electron chi connectivity index (χ3n) is 9.61. The molecule has 0 aliphatic rings. The summed E-state index contributed by atoms with van der Waals surface area (Å²) in [5, 5.41) is 20.2. The number of carboxylic acids is 2. The number of carboxylic acid groups (broad SMARTS) is 2. The number of esters is 2. The second-order valence-corrected chi connectivity index (χ2v) is 19.6. The Labute approximate surface area is 361 Å². The topological polar surface area (TPSA) is 133 Å². The van der Waals surface area contributed by atoms with Gasteiger partial charge in [0.1, 0.15) is 0 Å². The van der Waals surface area contributed by atoms with Crippen LogP contribution in [0.25, 0.3) is 0 Å². The predicted octanol–water partition coefficient (Wildman–Crippen LogP) is 11.8. The molecule has 0 saturated heterocycles. The minimum absolute atomic E-state index is 0.149. The van der Waals surface area contributed by atoms with Gasteiger partial charge in [0.05, 0.1) is 25.2 Å². The molecule has 8 nitrogen and oxygen atoms in total. The molecule has 0 fully saturated rings. The molecule has 0 spiro atoms. The molecule has 57 heavy (non-hydrogen) atoms. The van der Waals surface area contributed by atoms with Crippen LogP contribution >= 0.6 is 0 Å². The zero-order valence-corrected chi connectivity index (χ0v) is 40.4. The van der Waals surface area contributed by atoms with Crippen molar-refractivity contribution in [1.82, 2.24) is 0 Å². The summed E-state index contributed by atoms with van der Waals surface area (Å²) in [5.41, 5.74) is 0. The summed E-state index contributed by atoms with van der Waals surface area (Å²) in [7, 11) is 0. The van der Waals surface area contributed by atoms with E-state index in [0.29, 0.717) is 25.4 Å². The normalized spacial score (nSPS) is 10.7. The van der Waals surface area contributed by atoms with Gasteiger partial charge in [-0.2, -0.15) is 0 Å². The first-order valence-electron chi connectivity index (χ1n) is 23.6. The SMILES string of the molecule is CCCCCCCCCCCCCCCCOC(=O)/C=C\C(=O)[O-].CCCCCCCCCCCCCCCCOC(=O)/C=C\C(=O)[O-].CCC[CH2][Sn+2][CH2]CCC. The van der Waals surface area contributed by atoms with Gasteiger partial charge in [-0.15, -0.1) is 0 Å². The van der Waals surface area contributed by atoms with E-state index < -0.39 is 23.9 Å². The van der Waals surface area contributed by atoms with Crippen molar-refractivity contribution in [2.45, 2.75) is 242 Å². The van der Waals surface area contributed by atoms with E-state index in [9.17, 15) is 29.4 Å². The van der Waals surface area contributed by atoms with E-state index in [2.05, 4.69) is 27.7 Å². The van der Waals surface area contributed by atoms with E-state index in [1.54, 1.807) is 8.87 Å². The Hall–Kier alpha value is -1.84. The number of hydrogen-bond acceptors (Lipinski definition) is 8. The Kier molecular flexibility index (Phi) is 56.5. The van der Waals surface area contributed by atoms with Gasteiger partial charge in [0.15, 0.2) is 0 Å². The molecule has 0 aromatic carbocycles. The van der Waals surface area contributed by atoms with Crippen LogP contribution in [0.15, 0.2) is 24.3 Å². The number of rotatable bonds is 40. The van der Waals surface area contributed by atoms with Crippen LogP contribution in [0.3, 0.4) is 0 Å². The quantitative estimate of drug-likeness (QED) is 0.0257. The minimum atomic E-state index is -1.39. The van der Waals surface area contributed by atoms with Gasteiger partial charge in [-0.05, 0) is 25.0 Å². The van der Waals surface area contributed by atoms with E-state index in [1.165, 1.54) is 180 Å². The number of unbranched alkanes of at least 4 members (excludes halogenated alkanes) is 28. The number of carbonyl (C=O) groups is 4. The molecule has 0 aromatic rings. The van der Waals surface area contributed by atoms with Gasteiger partial charge < -0.3 is 29.3 Å². The van der Waals surface area contributed by atoms with Gasteiger partial charge in [0.2, 0.25) is 0 Å². The van der Waals surface area contributed by atoms with Crippen LogP contribution in [-0.4, -0.2) is 58.2 Å². The Morgan fingerprint density at radius 3 is 0.807 bits per heavy atom. The number of hydrogen-bond donors (Lipinski definition) is 0. The summed E-state index contributed by atoms with van der Waals surface area (Å²) in [6, 6.07) is 0. The molecule has 332 valence electrons. The molecule has 0 rings (SSSR count). The number of aliphatic carboxylic acids is 2. The zero-order chi connectivity index (χ0) is 42.7. The first kappa shape index (κ1) is 59.5. The van der Waals surface area contributed by atoms with E-state index >= 15 is 0 Å². The third kappa shape index (κ3) is 63.5. The van der Waals surface area contributed by atoms with E-state index in [1.807, 2.05) is 0 Å². The Balaban J connectivity index is -0.000000843. The van der Waals surface area contributed by atoms with E-state index in [-0.39, 0.29) is 21.1 Å². The van der Waals surface area contributed by atoms with Gasteiger partial charge >= 0.3 is 81.5 Å². The van der Waals surface area contributed by atoms with Gasteiger partial charge in [-0.25, -0.2) is 9.59 Å². The summed E-state index contributed by atoms with van der Waals surface area (Å²) in [5.74, 6) is -4.00. The summed E-state index contributed by atoms with van der Waals surface area (Å²) in [6.45, 7) is 9.80. The summed E-state index contributed by atoms with van der Waals surface area (Å²) >= 11 is 0.149. The van der Waals surface area contributed by atoms with Crippen molar-refractivity contribution in [3.8, 4) is 0 Å². The molecule has 0 atom stereocenters. The molecule has 0 heterocycles. The Bertz CT molecular complexity index is 848. The van der Waals surface area contributed by atoms with Crippen LogP contribution in [0.1, 0.15) is 233 Å². The Morgan fingerprint density at radius 1 is 0.351 bits per heavy atom. The van der Waals surface area contributed by atoms with Gasteiger partial charge in [0.25, 0.3) is 0 Å². The van der Waals surface area contributed by atoms with Crippen LogP contribution in [0.4, 0.5) is 0 Å². The molecule has 0 saturated carbocycles. The van der Waals surface area contributed by atoms with Crippen LogP contribution in [0.5, 0.6) is 0 Å². The second kappa shape index (κ2) is 54.2. The van der Waals surface area contributed by atoms with Crippen molar-refractivity contribution in [3.05, 3.63) is 24.3 Å². The van der Waals surface area contributed by atoms with Gasteiger partial charge in [-0.1, -0.05) is 181 Å². The van der Waals surface area contributed by atoms with Crippen molar-refractivity contribution in [1.29, 1.82) is 0 Å². The molecule has 0 aliphatic carbocycles. The van der Waals surface area contributed by atoms with Crippen molar-refractivity contribution in [2.75, 3.05) is 13.2 Å². The maximum absolute atomic E-state index is 11.1. The van der Waals surface area contributed by atoms with Crippen molar-refractivity contribution < 1.29 is 38.9 Å². The number of carbonyl (C=O) groups excluding carboxylic acids is 4. The predicted molar refractivity (Wildman–Crippen MR) is 236 cm³/mol. The molecule has 0 N–H and O–H groups in total. The monoisotopic (exact) mass is 913 g/mol. The molecule has 0 bridgehead atoms. The molecular weight excluding hydrogens is 823 g/mol. The average Bonchev–Trinajstić information content (AvgIpc) is 3.19. The molecule has 9 heteroatoms. The number of ether oxygens (including phenoxy) is 2. The second-order valence-electron chi connectivity index (χ2n) is 15.3. The van der Waals surface area contributed by atoms with Crippen LogP contribution in [-0.2, 0) is 28.7 Å². The first-order chi connectivity index (χ1) is 27.7. The third-order valence-corrected chi connectivity index (χ3v) is 13.6.